The topological polar surface area (TPSA) is 91.5 Å². The van der Waals surface area contributed by atoms with E-state index in [1.807, 2.05) is 7.05 Å². The lowest BCUT2D eigenvalue weighted by molar-refractivity contribution is 0.0698. The maximum Gasteiger partial charge on any atom is 0.337 e. The summed E-state index contributed by atoms with van der Waals surface area (Å²) in [6.45, 7) is 5.68. The monoisotopic (exact) mass is 252 g/mol. The van der Waals surface area contributed by atoms with Crippen molar-refractivity contribution in [3.63, 3.8) is 0 Å². The summed E-state index contributed by atoms with van der Waals surface area (Å²) in [5.41, 5.74) is 6.11. The molecule has 0 saturated heterocycles. The number of hydrogen-bond acceptors (Lipinski definition) is 5. The Morgan fingerprint density at radius 2 is 2.28 bits per heavy atom. The van der Waals surface area contributed by atoms with E-state index in [1.54, 1.807) is 0 Å². The first kappa shape index (κ1) is 14.2. The molecule has 100 valence electrons. The molecule has 0 atom stereocenters. The molecule has 0 saturated carbocycles. The second-order valence-electron chi connectivity index (χ2n) is 4.46. The van der Waals surface area contributed by atoms with E-state index in [0.717, 1.165) is 6.54 Å². The Labute approximate surface area is 107 Å². The van der Waals surface area contributed by atoms with Gasteiger partial charge in [-0.3, -0.25) is 0 Å². The van der Waals surface area contributed by atoms with Crippen LogP contribution in [0.1, 0.15) is 24.2 Å². The SMILES string of the molecule is CC(C)N(C)CCNc1cnc(N)cc1C(=O)O. The van der Waals surface area contributed by atoms with Gasteiger partial charge in [0.2, 0.25) is 0 Å². The molecule has 1 aromatic heterocycles. The Hall–Kier alpha value is -1.82. The molecule has 0 fully saturated rings. The van der Waals surface area contributed by atoms with E-state index >= 15 is 0 Å². The van der Waals surface area contributed by atoms with Crippen LogP contribution in [0.5, 0.6) is 0 Å². The maximum atomic E-state index is 11.0. The first-order valence-electron chi connectivity index (χ1n) is 5.84. The van der Waals surface area contributed by atoms with Crippen molar-refractivity contribution in [1.29, 1.82) is 0 Å². The Morgan fingerprint density at radius 1 is 1.61 bits per heavy atom. The number of hydrogen-bond donors (Lipinski definition) is 3. The normalized spacial score (nSPS) is 10.9. The number of aromatic nitrogens is 1. The van der Waals surface area contributed by atoms with Crippen LogP contribution in [0.25, 0.3) is 0 Å². The van der Waals surface area contributed by atoms with Gasteiger partial charge in [0.05, 0.1) is 17.4 Å². The fraction of sp³-hybridized carbons (Fsp3) is 0.500. The number of nitrogen functional groups attached to an aromatic ring is 1. The molecule has 0 radical (unpaired) electrons. The third-order valence-corrected chi connectivity index (χ3v) is 2.82. The minimum atomic E-state index is -1.01. The standard InChI is InChI=1S/C12H20N4O2/c1-8(2)16(3)5-4-14-10-7-15-11(13)6-9(10)12(17)18/h6-8,14H,4-5H2,1-3H3,(H2,13,15)(H,17,18). The summed E-state index contributed by atoms with van der Waals surface area (Å²) in [7, 11) is 2.02. The number of rotatable bonds is 6. The molecule has 0 bridgehead atoms. The van der Waals surface area contributed by atoms with Gasteiger partial charge < -0.3 is 21.1 Å². The molecule has 18 heavy (non-hydrogen) atoms. The summed E-state index contributed by atoms with van der Waals surface area (Å²) in [6, 6.07) is 1.81. The molecule has 0 aliphatic carbocycles. The van der Waals surface area contributed by atoms with E-state index in [4.69, 9.17) is 10.8 Å². The van der Waals surface area contributed by atoms with Crippen LogP contribution in [0.4, 0.5) is 11.5 Å². The lowest BCUT2D eigenvalue weighted by atomic mass is 10.2. The zero-order valence-electron chi connectivity index (χ0n) is 11.0. The second-order valence-corrected chi connectivity index (χ2v) is 4.46. The van der Waals surface area contributed by atoms with Gasteiger partial charge in [-0.15, -0.1) is 0 Å². The van der Waals surface area contributed by atoms with Gasteiger partial charge in [-0.05, 0) is 27.0 Å². The molecular weight excluding hydrogens is 232 g/mol. The van der Waals surface area contributed by atoms with Crippen LogP contribution in [0.2, 0.25) is 0 Å². The Morgan fingerprint density at radius 3 is 2.83 bits per heavy atom. The highest BCUT2D eigenvalue weighted by Crippen LogP contribution is 2.16. The van der Waals surface area contributed by atoms with Crippen molar-refractivity contribution in [3.05, 3.63) is 17.8 Å². The summed E-state index contributed by atoms with van der Waals surface area (Å²) in [6.07, 6.45) is 1.45. The second kappa shape index (κ2) is 6.20. The van der Waals surface area contributed by atoms with Gasteiger partial charge in [-0.2, -0.15) is 0 Å². The molecule has 0 aromatic carbocycles. The number of anilines is 2. The van der Waals surface area contributed by atoms with E-state index in [-0.39, 0.29) is 11.4 Å². The van der Waals surface area contributed by atoms with E-state index in [0.29, 0.717) is 18.3 Å². The summed E-state index contributed by atoms with van der Waals surface area (Å²) < 4.78 is 0. The molecule has 1 rings (SSSR count). The van der Waals surface area contributed by atoms with Crippen LogP contribution >= 0.6 is 0 Å². The highest BCUT2D eigenvalue weighted by atomic mass is 16.4. The smallest absolute Gasteiger partial charge is 0.337 e. The number of nitrogens with two attached hydrogens (primary N) is 1. The van der Waals surface area contributed by atoms with Gasteiger partial charge in [0, 0.05) is 19.1 Å². The number of nitrogens with one attached hydrogen (secondary N) is 1. The quantitative estimate of drug-likeness (QED) is 0.702. The highest BCUT2D eigenvalue weighted by Gasteiger charge is 2.11. The molecular formula is C12H20N4O2. The van der Waals surface area contributed by atoms with Gasteiger partial charge in [0.1, 0.15) is 5.82 Å². The number of carboxylic acids is 1. The highest BCUT2D eigenvalue weighted by molar-refractivity contribution is 5.94. The van der Waals surface area contributed by atoms with Gasteiger partial charge in [0.15, 0.2) is 0 Å². The summed E-state index contributed by atoms with van der Waals surface area (Å²) in [5.74, 6) is -0.805. The third kappa shape index (κ3) is 3.89. The van der Waals surface area contributed by atoms with E-state index in [1.165, 1.54) is 12.3 Å². The molecule has 6 heteroatoms. The number of pyridine rings is 1. The first-order chi connectivity index (χ1) is 8.41. The van der Waals surface area contributed by atoms with Crippen molar-refractivity contribution in [3.8, 4) is 0 Å². The molecule has 0 aliphatic heterocycles. The summed E-state index contributed by atoms with van der Waals surface area (Å²) >= 11 is 0. The minimum absolute atomic E-state index is 0.148. The van der Waals surface area contributed by atoms with Gasteiger partial charge in [-0.25, -0.2) is 9.78 Å². The fourth-order valence-corrected chi connectivity index (χ4v) is 1.41. The zero-order chi connectivity index (χ0) is 13.7. The van der Waals surface area contributed by atoms with Crippen LogP contribution in [0.3, 0.4) is 0 Å². The third-order valence-electron chi connectivity index (χ3n) is 2.82. The van der Waals surface area contributed by atoms with Gasteiger partial charge in [-0.1, -0.05) is 0 Å². The van der Waals surface area contributed by atoms with Gasteiger partial charge >= 0.3 is 5.97 Å². The van der Waals surface area contributed by atoms with Crippen LogP contribution in [-0.4, -0.2) is 47.1 Å². The molecule has 1 heterocycles. The average molecular weight is 252 g/mol. The number of nitrogens with zero attached hydrogens (tertiary/aromatic N) is 2. The largest absolute Gasteiger partial charge is 0.478 e. The van der Waals surface area contributed by atoms with E-state index in [9.17, 15) is 4.79 Å². The van der Waals surface area contributed by atoms with Crippen molar-refractivity contribution in [2.24, 2.45) is 0 Å². The predicted molar refractivity (Wildman–Crippen MR) is 71.9 cm³/mol. The predicted octanol–water partition coefficient (Wildman–Crippen LogP) is 1.11. The molecule has 0 aliphatic rings. The lowest BCUT2D eigenvalue weighted by Crippen LogP contribution is -2.31. The Kier molecular flexibility index (Phi) is 4.91. The maximum absolute atomic E-state index is 11.0. The summed E-state index contributed by atoms with van der Waals surface area (Å²) in [5, 5.41) is 12.1. The van der Waals surface area contributed by atoms with Gasteiger partial charge in [0.25, 0.3) is 0 Å². The van der Waals surface area contributed by atoms with Crippen molar-refractivity contribution < 1.29 is 9.90 Å². The molecule has 4 N–H and O–H groups in total. The van der Waals surface area contributed by atoms with E-state index < -0.39 is 5.97 Å². The first-order valence-corrected chi connectivity index (χ1v) is 5.84. The molecule has 0 amide bonds. The number of carbonyl (C=O) groups is 1. The molecule has 1 aromatic rings. The van der Waals surface area contributed by atoms with Crippen LogP contribution < -0.4 is 11.1 Å². The Bertz CT molecular complexity index is 421. The average Bonchev–Trinajstić information content (AvgIpc) is 2.30. The molecule has 0 spiro atoms. The van der Waals surface area contributed by atoms with Crippen LogP contribution in [0, 0.1) is 0 Å². The van der Waals surface area contributed by atoms with E-state index in [2.05, 4.69) is 29.0 Å². The number of aromatic carboxylic acids is 1. The van der Waals surface area contributed by atoms with Crippen LogP contribution in [0.15, 0.2) is 12.3 Å². The molecule has 0 unspecified atom stereocenters. The lowest BCUT2D eigenvalue weighted by Gasteiger charge is -2.21. The van der Waals surface area contributed by atoms with Crippen LogP contribution in [-0.2, 0) is 0 Å². The van der Waals surface area contributed by atoms with Crippen molar-refractivity contribution in [1.82, 2.24) is 9.88 Å². The number of carboxylic acid groups (broad SMARTS) is 1. The molecule has 6 nitrogen and oxygen atoms in total. The Balaban J connectivity index is 2.65. The zero-order valence-corrected chi connectivity index (χ0v) is 11.0. The van der Waals surface area contributed by atoms with Crippen molar-refractivity contribution in [2.75, 3.05) is 31.2 Å². The van der Waals surface area contributed by atoms with Crippen molar-refractivity contribution >= 4 is 17.5 Å². The fourth-order valence-electron chi connectivity index (χ4n) is 1.41. The van der Waals surface area contributed by atoms with Crippen molar-refractivity contribution in [2.45, 2.75) is 19.9 Å². The number of likely N-dealkylation sites (N-methyl/N-ethyl adjacent to an activating group) is 1. The summed E-state index contributed by atoms with van der Waals surface area (Å²) in [4.78, 5) is 17.1. The minimum Gasteiger partial charge on any atom is -0.478 e.